The second kappa shape index (κ2) is 4.80. The van der Waals surface area contributed by atoms with Crippen molar-refractivity contribution in [3.05, 3.63) is 35.9 Å². The van der Waals surface area contributed by atoms with Crippen LogP contribution < -0.4 is 0 Å². The fourth-order valence-corrected chi connectivity index (χ4v) is 4.17. The maximum absolute atomic E-state index is 12.1. The highest BCUT2D eigenvalue weighted by molar-refractivity contribution is 5.77. The van der Waals surface area contributed by atoms with E-state index < -0.39 is 11.4 Å². The minimum absolute atomic E-state index is 0.0467. The molecule has 118 valence electrons. The summed E-state index contributed by atoms with van der Waals surface area (Å²) in [6, 6.07) is 10.4. The first kappa shape index (κ1) is 14.2. The highest BCUT2D eigenvalue weighted by Gasteiger charge is 2.69. The topological polar surface area (TPSA) is 44.8 Å². The van der Waals surface area contributed by atoms with E-state index in [1.165, 1.54) is 5.56 Å². The number of hydrogen-bond donors (Lipinski definition) is 0. The van der Waals surface area contributed by atoms with Gasteiger partial charge in [0.05, 0.1) is 18.1 Å². The van der Waals surface area contributed by atoms with E-state index >= 15 is 0 Å². The Morgan fingerprint density at radius 3 is 2.77 bits per heavy atom. The summed E-state index contributed by atoms with van der Waals surface area (Å²) in [6.07, 6.45) is 3.70. The average Bonchev–Trinajstić information content (AvgIpc) is 2.69. The first-order valence-electron chi connectivity index (χ1n) is 8.11. The van der Waals surface area contributed by atoms with Crippen LogP contribution in [-0.4, -0.2) is 29.6 Å². The van der Waals surface area contributed by atoms with Crippen molar-refractivity contribution in [1.29, 1.82) is 0 Å². The summed E-state index contributed by atoms with van der Waals surface area (Å²) in [5.74, 6) is -1.11. The molecule has 4 rings (SSSR count). The smallest absolute Gasteiger partial charge is 0.314 e. The Hall–Kier alpha value is -1.39. The van der Waals surface area contributed by atoms with Gasteiger partial charge in [-0.05, 0) is 24.8 Å². The molecule has 1 aromatic rings. The Labute approximate surface area is 130 Å². The Morgan fingerprint density at radius 2 is 2.00 bits per heavy atom. The van der Waals surface area contributed by atoms with Crippen LogP contribution in [0.4, 0.5) is 0 Å². The first-order valence-corrected chi connectivity index (χ1v) is 8.11. The summed E-state index contributed by atoms with van der Waals surface area (Å²) < 4.78 is 17.7. The maximum Gasteiger partial charge on any atom is 0.314 e. The molecule has 1 aliphatic carbocycles. The predicted molar refractivity (Wildman–Crippen MR) is 80.1 cm³/mol. The van der Waals surface area contributed by atoms with Crippen LogP contribution in [0.5, 0.6) is 0 Å². The van der Waals surface area contributed by atoms with Crippen LogP contribution in [-0.2, 0) is 25.4 Å². The zero-order valence-corrected chi connectivity index (χ0v) is 13.1. The van der Waals surface area contributed by atoms with Crippen molar-refractivity contribution < 1.29 is 19.0 Å². The lowest BCUT2D eigenvalue weighted by Gasteiger charge is -2.55. The molecule has 2 aliphatic heterocycles. The third-order valence-electron chi connectivity index (χ3n) is 5.15. The number of esters is 1. The van der Waals surface area contributed by atoms with Gasteiger partial charge in [-0.1, -0.05) is 30.3 Å². The molecule has 2 heterocycles. The third kappa shape index (κ3) is 2.17. The van der Waals surface area contributed by atoms with Gasteiger partial charge in [0.25, 0.3) is 0 Å². The molecule has 22 heavy (non-hydrogen) atoms. The molecule has 0 unspecified atom stereocenters. The van der Waals surface area contributed by atoms with E-state index in [0.29, 0.717) is 0 Å². The quantitative estimate of drug-likeness (QED) is 0.805. The van der Waals surface area contributed by atoms with Gasteiger partial charge in [-0.3, -0.25) is 4.79 Å². The molecule has 0 bridgehead atoms. The van der Waals surface area contributed by atoms with Gasteiger partial charge in [-0.15, -0.1) is 0 Å². The Bertz CT molecular complexity index is 582. The third-order valence-corrected chi connectivity index (χ3v) is 5.15. The van der Waals surface area contributed by atoms with E-state index in [-0.39, 0.29) is 24.1 Å². The molecule has 1 saturated carbocycles. The van der Waals surface area contributed by atoms with Crippen LogP contribution in [0, 0.1) is 5.92 Å². The van der Waals surface area contributed by atoms with Gasteiger partial charge in [-0.2, -0.15) is 0 Å². The van der Waals surface area contributed by atoms with Gasteiger partial charge < -0.3 is 14.2 Å². The zero-order chi connectivity index (χ0) is 15.4. The van der Waals surface area contributed by atoms with E-state index in [1.54, 1.807) is 0 Å². The van der Waals surface area contributed by atoms with Gasteiger partial charge in [0.15, 0.2) is 0 Å². The molecule has 4 atom stereocenters. The number of ether oxygens (including phenoxy) is 3. The normalized spacial score (nSPS) is 38.6. The van der Waals surface area contributed by atoms with Crippen molar-refractivity contribution in [2.24, 2.45) is 5.92 Å². The van der Waals surface area contributed by atoms with Crippen LogP contribution in [0.3, 0.4) is 0 Å². The van der Waals surface area contributed by atoms with E-state index in [0.717, 1.165) is 25.7 Å². The lowest BCUT2D eigenvalue weighted by Crippen LogP contribution is -2.68. The highest BCUT2D eigenvalue weighted by atomic mass is 16.7. The molecule has 0 amide bonds. The Kier molecular flexibility index (Phi) is 3.10. The zero-order valence-electron chi connectivity index (χ0n) is 13.1. The van der Waals surface area contributed by atoms with Crippen LogP contribution in [0.25, 0.3) is 0 Å². The number of rotatable bonds is 3. The molecule has 4 heteroatoms. The molecule has 0 radical (unpaired) electrons. The van der Waals surface area contributed by atoms with E-state index in [1.807, 2.05) is 19.9 Å². The molecule has 3 fully saturated rings. The van der Waals surface area contributed by atoms with Crippen LogP contribution in [0.15, 0.2) is 30.3 Å². The molecular weight excluding hydrogens is 280 g/mol. The monoisotopic (exact) mass is 302 g/mol. The van der Waals surface area contributed by atoms with Gasteiger partial charge in [0.1, 0.15) is 5.60 Å². The Morgan fingerprint density at radius 1 is 1.23 bits per heavy atom. The Balaban J connectivity index is 1.44. The van der Waals surface area contributed by atoms with Crippen LogP contribution >= 0.6 is 0 Å². The fourth-order valence-electron chi connectivity index (χ4n) is 4.17. The summed E-state index contributed by atoms with van der Waals surface area (Å²) in [5.41, 5.74) is 0.879. The van der Waals surface area contributed by atoms with Gasteiger partial charge in [0.2, 0.25) is 5.79 Å². The van der Waals surface area contributed by atoms with Gasteiger partial charge in [-0.25, -0.2) is 0 Å². The van der Waals surface area contributed by atoms with E-state index in [2.05, 4.69) is 24.3 Å². The van der Waals surface area contributed by atoms with Crippen molar-refractivity contribution in [3.63, 3.8) is 0 Å². The average molecular weight is 302 g/mol. The number of carbonyl (C=O) groups is 1. The number of benzene rings is 1. The summed E-state index contributed by atoms with van der Waals surface area (Å²) in [7, 11) is 0. The molecule has 0 aromatic heterocycles. The molecule has 2 saturated heterocycles. The lowest BCUT2D eigenvalue weighted by molar-refractivity contribution is -0.342. The fraction of sp³-hybridized carbons (Fsp3) is 0.611. The van der Waals surface area contributed by atoms with Crippen LogP contribution in [0.2, 0.25) is 0 Å². The van der Waals surface area contributed by atoms with E-state index in [9.17, 15) is 4.79 Å². The SMILES string of the molecule is CC1(C)OC(=O)[C@@H]2C[C@H]3O[C@H](CCc4ccccc4)C[C@]32O1. The van der Waals surface area contributed by atoms with Crippen molar-refractivity contribution in [3.8, 4) is 0 Å². The first-order chi connectivity index (χ1) is 10.5. The number of hydrogen-bond acceptors (Lipinski definition) is 4. The largest absolute Gasteiger partial charge is 0.433 e. The molecule has 1 spiro atoms. The minimum Gasteiger partial charge on any atom is -0.433 e. The molecule has 1 aromatic carbocycles. The second-order valence-electron chi connectivity index (χ2n) is 7.14. The summed E-state index contributed by atoms with van der Waals surface area (Å²) >= 11 is 0. The second-order valence-corrected chi connectivity index (χ2v) is 7.14. The molecule has 0 N–H and O–H groups in total. The number of carbonyl (C=O) groups excluding carboxylic acids is 1. The van der Waals surface area contributed by atoms with Gasteiger partial charge >= 0.3 is 5.97 Å². The highest BCUT2D eigenvalue weighted by Crippen LogP contribution is 2.57. The van der Waals surface area contributed by atoms with Crippen molar-refractivity contribution in [1.82, 2.24) is 0 Å². The molecule has 3 aliphatic rings. The summed E-state index contributed by atoms with van der Waals surface area (Å²) in [6.45, 7) is 3.62. The summed E-state index contributed by atoms with van der Waals surface area (Å²) in [4.78, 5) is 12.1. The van der Waals surface area contributed by atoms with Crippen molar-refractivity contribution in [2.75, 3.05) is 0 Å². The molecule has 4 nitrogen and oxygen atoms in total. The number of cyclic esters (lactones) is 1. The van der Waals surface area contributed by atoms with E-state index in [4.69, 9.17) is 14.2 Å². The predicted octanol–water partition coefficient (Wildman–Crippen LogP) is 2.84. The lowest BCUT2D eigenvalue weighted by atomic mass is 9.65. The van der Waals surface area contributed by atoms with Crippen molar-refractivity contribution >= 4 is 5.97 Å². The minimum atomic E-state index is -0.843. The standard InChI is InChI=1S/C18H22O4/c1-17(2)21-16(19)14-10-15-18(14,22-17)11-13(20-15)9-8-12-6-4-3-5-7-12/h3-7,13-15H,8-11H2,1-2H3/t13-,14+,15-,18-/m1/s1. The van der Waals surface area contributed by atoms with Gasteiger partial charge in [0, 0.05) is 20.3 Å². The summed E-state index contributed by atoms with van der Waals surface area (Å²) in [5, 5.41) is 0. The number of aryl methyl sites for hydroxylation is 1. The molecular formula is C18H22O4. The van der Waals surface area contributed by atoms with Crippen LogP contribution in [0.1, 0.15) is 38.7 Å². The van der Waals surface area contributed by atoms with Crippen molar-refractivity contribution in [2.45, 2.75) is 63.1 Å². The maximum atomic E-state index is 12.1.